The van der Waals surface area contributed by atoms with Crippen molar-refractivity contribution in [3.8, 4) is 0 Å². The first-order valence-electron chi connectivity index (χ1n) is 9.27. The monoisotopic (exact) mass is 407 g/mol. The summed E-state index contributed by atoms with van der Waals surface area (Å²) in [6, 6.07) is 5.67. The van der Waals surface area contributed by atoms with Crippen LogP contribution in [0.2, 0.25) is 0 Å². The van der Waals surface area contributed by atoms with Crippen LogP contribution in [0.15, 0.2) is 36.4 Å². The lowest BCUT2D eigenvalue weighted by Gasteiger charge is -2.19. The number of methoxy groups -OCH3 is 1. The van der Waals surface area contributed by atoms with E-state index in [1.807, 2.05) is 0 Å². The summed E-state index contributed by atoms with van der Waals surface area (Å²) in [7, 11) is 1.61. The SMILES string of the molecule is C=C(C)C(=O)OCCOC(CCCCOC)COC(=O)c1ccccc1C(=O)[O-]. The van der Waals surface area contributed by atoms with Crippen LogP contribution < -0.4 is 5.11 Å². The molecule has 8 nitrogen and oxygen atoms in total. The summed E-state index contributed by atoms with van der Waals surface area (Å²) >= 11 is 0. The van der Waals surface area contributed by atoms with Gasteiger partial charge in [0.2, 0.25) is 0 Å². The Hall–Kier alpha value is -2.71. The van der Waals surface area contributed by atoms with Gasteiger partial charge in [0, 0.05) is 24.9 Å². The Morgan fingerprint density at radius 2 is 1.72 bits per heavy atom. The van der Waals surface area contributed by atoms with Crippen molar-refractivity contribution in [3.05, 3.63) is 47.5 Å². The van der Waals surface area contributed by atoms with Crippen LogP contribution in [0.4, 0.5) is 0 Å². The maximum Gasteiger partial charge on any atom is 0.338 e. The highest BCUT2D eigenvalue weighted by Gasteiger charge is 2.17. The van der Waals surface area contributed by atoms with Crippen molar-refractivity contribution in [2.75, 3.05) is 33.5 Å². The van der Waals surface area contributed by atoms with E-state index in [1.165, 1.54) is 24.3 Å². The fourth-order valence-corrected chi connectivity index (χ4v) is 2.39. The Bertz CT molecular complexity index is 698. The predicted molar refractivity (Wildman–Crippen MR) is 102 cm³/mol. The van der Waals surface area contributed by atoms with Crippen LogP contribution >= 0.6 is 0 Å². The van der Waals surface area contributed by atoms with E-state index in [2.05, 4.69) is 6.58 Å². The Labute approximate surface area is 170 Å². The first-order valence-corrected chi connectivity index (χ1v) is 9.27. The van der Waals surface area contributed by atoms with E-state index in [0.29, 0.717) is 18.6 Å². The molecule has 0 aromatic heterocycles. The van der Waals surface area contributed by atoms with Crippen LogP contribution in [0.3, 0.4) is 0 Å². The lowest BCUT2D eigenvalue weighted by molar-refractivity contribution is -0.255. The molecular formula is C21H27O8-. The highest BCUT2D eigenvalue weighted by Crippen LogP contribution is 2.12. The summed E-state index contributed by atoms with van der Waals surface area (Å²) in [5.41, 5.74) is -0.0237. The Balaban J connectivity index is 2.59. The van der Waals surface area contributed by atoms with E-state index in [4.69, 9.17) is 18.9 Å². The fraction of sp³-hybridized carbons (Fsp3) is 0.476. The quantitative estimate of drug-likeness (QED) is 0.259. The summed E-state index contributed by atoms with van der Waals surface area (Å²) in [6.07, 6.45) is 1.74. The molecule has 1 atom stereocenters. The smallest absolute Gasteiger partial charge is 0.338 e. The third-order valence-electron chi connectivity index (χ3n) is 3.91. The van der Waals surface area contributed by atoms with Crippen molar-refractivity contribution >= 4 is 17.9 Å². The molecule has 1 unspecified atom stereocenters. The van der Waals surface area contributed by atoms with Gasteiger partial charge in [0.1, 0.15) is 13.2 Å². The molecule has 0 saturated heterocycles. The van der Waals surface area contributed by atoms with Crippen molar-refractivity contribution < 1.29 is 38.4 Å². The molecule has 0 bridgehead atoms. The molecule has 0 aliphatic carbocycles. The van der Waals surface area contributed by atoms with Crippen molar-refractivity contribution in [1.82, 2.24) is 0 Å². The molecular weight excluding hydrogens is 380 g/mol. The Morgan fingerprint density at radius 1 is 1.03 bits per heavy atom. The minimum absolute atomic E-state index is 0.0434. The number of carboxylic acid groups (broad SMARTS) is 1. The molecule has 0 amide bonds. The molecule has 0 fully saturated rings. The molecule has 1 rings (SSSR count). The van der Waals surface area contributed by atoms with E-state index in [0.717, 1.165) is 12.8 Å². The summed E-state index contributed by atoms with van der Waals surface area (Å²) < 4.78 is 20.9. The number of hydrogen-bond donors (Lipinski definition) is 0. The Morgan fingerprint density at radius 3 is 2.34 bits per heavy atom. The molecule has 0 spiro atoms. The number of carbonyl (C=O) groups is 3. The molecule has 1 aromatic rings. The third kappa shape index (κ3) is 9.36. The van der Waals surface area contributed by atoms with E-state index in [-0.39, 0.29) is 30.9 Å². The minimum atomic E-state index is -1.45. The number of rotatable bonds is 14. The second-order valence-electron chi connectivity index (χ2n) is 6.33. The number of carboxylic acids is 1. The molecule has 0 heterocycles. The number of benzene rings is 1. The largest absolute Gasteiger partial charge is 0.545 e. The van der Waals surface area contributed by atoms with Gasteiger partial charge in [-0.2, -0.15) is 0 Å². The van der Waals surface area contributed by atoms with Gasteiger partial charge in [-0.1, -0.05) is 24.8 Å². The van der Waals surface area contributed by atoms with Crippen LogP contribution in [-0.4, -0.2) is 57.5 Å². The number of hydrogen-bond acceptors (Lipinski definition) is 8. The zero-order valence-corrected chi connectivity index (χ0v) is 16.8. The average Bonchev–Trinajstić information content (AvgIpc) is 2.71. The van der Waals surface area contributed by atoms with Gasteiger partial charge in [0.15, 0.2) is 0 Å². The first kappa shape index (κ1) is 24.3. The molecule has 160 valence electrons. The van der Waals surface area contributed by atoms with Crippen molar-refractivity contribution in [3.63, 3.8) is 0 Å². The van der Waals surface area contributed by atoms with Crippen LogP contribution in [-0.2, 0) is 23.7 Å². The van der Waals surface area contributed by atoms with E-state index in [9.17, 15) is 19.5 Å². The van der Waals surface area contributed by atoms with Gasteiger partial charge in [-0.3, -0.25) is 0 Å². The first-order chi connectivity index (χ1) is 13.9. The van der Waals surface area contributed by atoms with E-state index in [1.54, 1.807) is 14.0 Å². The molecule has 8 heteroatoms. The van der Waals surface area contributed by atoms with Crippen LogP contribution in [0.25, 0.3) is 0 Å². The molecule has 1 aromatic carbocycles. The molecule has 0 aliphatic rings. The van der Waals surface area contributed by atoms with Crippen LogP contribution in [0, 0.1) is 0 Å². The summed E-state index contributed by atoms with van der Waals surface area (Å²) in [5.74, 6) is -2.73. The number of unbranched alkanes of at least 4 members (excludes halogenated alkanes) is 1. The van der Waals surface area contributed by atoms with Gasteiger partial charge in [-0.15, -0.1) is 0 Å². The summed E-state index contributed by atoms with van der Waals surface area (Å²) in [4.78, 5) is 34.8. The number of esters is 2. The van der Waals surface area contributed by atoms with Gasteiger partial charge in [0.05, 0.1) is 24.2 Å². The molecule has 0 radical (unpaired) electrons. The van der Waals surface area contributed by atoms with Gasteiger partial charge >= 0.3 is 11.9 Å². The zero-order valence-electron chi connectivity index (χ0n) is 16.8. The topological polar surface area (TPSA) is 111 Å². The van der Waals surface area contributed by atoms with E-state index < -0.39 is 24.0 Å². The second kappa shape index (κ2) is 13.5. The summed E-state index contributed by atoms with van der Waals surface area (Å²) in [5, 5.41) is 11.1. The maximum atomic E-state index is 12.3. The summed E-state index contributed by atoms with van der Waals surface area (Å²) in [6.45, 7) is 5.74. The Kier molecular flexibility index (Phi) is 11.3. The highest BCUT2D eigenvalue weighted by molar-refractivity contribution is 6.01. The van der Waals surface area contributed by atoms with Gasteiger partial charge in [-0.05, 0) is 32.3 Å². The average molecular weight is 407 g/mol. The zero-order chi connectivity index (χ0) is 21.6. The van der Waals surface area contributed by atoms with Crippen molar-refractivity contribution in [2.45, 2.75) is 32.3 Å². The van der Waals surface area contributed by atoms with Crippen molar-refractivity contribution in [1.29, 1.82) is 0 Å². The third-order valence-corrected chi connectivity index (χ3v) is 3.91. The maximum absolute atomic E-state index is 12.3. The molecule has 0 N–H and O–H groups in total. The highest BCUT2D eigenvalue weighted by atomic mass is 16.6. The standard InChI is InChI=1S/C21H28O8/c1-15(2)20(24)28-13-12-27-16(8-6-7-11-26-3)14-29-21(25)18-10-5-4-9-17(18)19(22)23/h4-5,9-10,16H,1,6-8,11-14H2,2-3H3,(H,22,23)/p-1. The predicted octanol–water partition coefficient (Wildman–Crippen LogP) is 1.53. The number of ether oxygens (including phenoxy) is 4. The molecule has 29 heavy (non-hydrogen) atoms. The normalized spacial score (nSPS) is 11.5. The molecule has 0 saturated carbocycles. The van der Waals surface area contributed by atoms with E-state index >= 15 is 0 Å². The number of carbonyl (C=O) groups excluding carboxylic acids is 3. The lowest BCUT2D eigenvalue weighted by Crippen LogP contribution is -2.27. The fourth-order valence-electron chi connectivity index (χ4n) is 2.39. The van der Waals surface area contributed by atoms with Gasteiger partial charge < -0.3 is 28.8 Å². The lowest BCUT2D eigenvalue weighted by atomic mass is 10.1. The second-order valence-corrected chi connectivity index (χ2v) is 6.33. The van der Waals surface area contributed by atoms with Crippen LogP contribution in [0.5, 0.6) is 0 Å². The van der Waals surface area contributed by atoms with Gasteiger partial charge in [0.25, 0.3) is 0 Å². The molecule has 0 aliphatic heterocycles. The van der Waals surface area contributed by atoms with Crippen LogP contribution in [0.1, 0.15) is 46.9 Å². The van der Waals surface area contributed by atoms with Gasteiger partial charge in [-0.25, -0.2) is 9.59 Å². The van der Waals surface area contributed by atoms with Crippen molar-refractivity contribution in [2.24, 2.45) is 0 Å². The minimum Gasteiger partial charge on any atom is -0.545 e. The number of aromatic carboxylic acids is 1.